The van der Waals surface area contributed by atoms with Gasteiger partial charge in [-0.2, -0.15) is 5.26 Å². The lowest BCUT2D eigenvalue weighted by Gasteiger charge is -2.22. The van der Waals surface area contributed by atoms with E-state index in [4.69, 9.17) is 23.2 Å². The van der Waals surface area contributed by atoms with Crippen LogP contribution in [0.4, 0.5) is 21.5 Å². The summed E-state index contributed by atoms with van der Waals surface area (Å²) in [5.41, 5.74) is 9.28. The van der Waals surface area contributed by atoms with Crippen molar-refractivity contribution in [3.63, 3.8) is 0 Å². The summed E-state index contributed by atoms with van der Waals surface area (Å²) in [7, 11) is 0. The second kappa shape index (κ2) is 10.9. The van der Waals surface area contributed by atoms with Crippen LogP contribution < -0.4 is 21.6 Å². The zero-order valence-electron chi connectivity index (χ0n) is 22.7. The molecule has 41 heavy (non-hydrogen) atoms. The molecule has 206 valence electrons. The van der Waals surface area contributed by atoms with Crippen molar-refractivity contribution < 1.29 is 10.6 Å². The number of carbonyl (C=O) groups is 1. The fourth-order valence-electron chi connectivity index (χ4n) is 4.73. The number of rotatable bonds is 8. The summed E-state index contributed by atoms with van der Waals surface area (Å²) in [5.74, 6) is -0.664. The Morgan fingerprint density at radius 2 is 2.00 bits per heavy atom. The van der Waals surface area contributed by atoms with Crippen LogP contribution in [0.25, 0.3) is 10.9 Å². The molecule has 11 heteroatoms. The molecule has 1 saturated carbocycles. The minimum absolute atomic E-state index is 0.213. The molecular weight excluding hydrogens is 564 g/mol. The lowest BCUT2D eigenvalue weighted by atomic mass is 10.0. The fraction of sp³-hybridized carbons (Fsp3) is 0.167. The van der Waals surface area contributed by atoms with E-state index < -0.39 is 11.8 Å². The van der Waals surface area contributed by atoms with E-state index in [1.54, 1.807) is 42.5 Å². The number of hydrazine groups is 2. The Morgan fingerprint density at radius 3 is 2.71 bits per heavy atom. The number of ketones is 1. The highest BCUT2D eigenvalue weighted by Crippen LogP contribution is 2.38. The van der Waals surface area contributed by atoms with Gasteiger partial charge in [-0.15, -0.1) is 5.53 Å². The van der Waals surface area contributed by atoms with Gasteiger partial charge in [0.15, 0.2) is 5.78 Å². The van der Waals surface area contributed by atoms with Gasteiger partial charge in [0.05, 0.1) is 51.1 Å². The predicted octanol–water partition coefficient (Wildman–Crippen LogP) is 6.98. The van der Waals surface area contributed by atoms with E-state index >= 15 is 0 Å². The largest absolute Gasteiger partial charge is 0.373 e. The molecule has 2 aliphatic rings. The van der Waals surface area contributed by atoms with Crippen LogP contribution in [0.15, 0.2) is 72.7 Å². The SMILES string of the molecule is [2H][C@](Nc1cc(Cl)c2ncc(C#N)c(Nc3cccc(Cl)c3C(C)=O)c2c1)(C1=CN(C2CC2)NN1)c1ccc(F)cc1. The van der Waals surface area contributed by atoms with Crippen molar-refractivity contribution in [3.8, 4) is 6.07 Å². The van der Waals surface area contributed by atoms with Gasteiger partial charge in [-0.05, 0) is 61.7 Å². The topological polar surface area (TPSA) is 105 Å². The third-order valence-corrected chi connectivity index (χ3v) is 7.47. The van der Waals surface area contributed by atoms with Gasteiger partial charge in [0.25, 0.3) is 0 Å². The van der Waals surface area contributed by atoms with Gasteiger partial charge in [0, 0.05) is 29.5 Å². The first-order valence-electron chi connectivity index (χ1n) is 13.3. The molecule has 4 aromatic rings. The number of fused-ring (bicyclic) bond motifs is 1. The van der Waals surface area contributed by atoms with Crippen LogP contribution in [0.2, 0.25) is 10.0 Å². The fourth-order valence-corrected chi connectivity index (χ4v) is 5.31. The van der Waals surface area contributed by atoms with Gasteiger partial charge in [0.2, 0.25) is 0 Å². The van der Waals surface area contributed by atoms with Crippen molar-refractivity contribution in [2.45, 2.75) is 31.8 Å². The van der Waals surface area contributed by atoms with Crippen molar-refractivity contribution >= 4 is 57.0 Å². The van der Waals surface area contributed by atoms with Crippen LogP contribution in [0.5, 0.6) is 0 Å². The molecule has 0 saturated heterocycles. The Labute approximate surface area is 247 Å². The molecule has 1 aliphatic heterocycles. The highest BCUT2D eigenvalue weighted by atomic mass is 35.5. The maximum absolute atomic E-state index is 13.9. The number of anilines is 3. The van der Waals surface area contributed by atoms with Crippen molar-refractivity contribution in [1.82, 2.24) is 21.0 Å². The number of pyridine rings is 1. The van der Waals surface area contributed by atoms with E-state index in [1.807, 2.05) is 11.2 Å². The normalized spacial score (nSPS) is 16.3. The summed E-state index contributed by atoms with van der Waals surface area (Å²) in [6.07, 6.45) is 5.31. The quantitative estimate of drug-likeness (QED) is 0.163. The molecule has 6 rings (SSSR count). The van der Waals surface area contributed by atoms with E-state index in [0.717, 1.165) is 12.8 Å². The highest BCUT2D eigenvalue weighted by molar-refractivity contribution is 6.36. The maximum atomic E-state index is 13.9. The second-order valence-corrected chi connectivity index (χ2v) is 10.6. The molecule has 0 unspecified atom stereocenters. The molecule has 1 aromatic heterocycles. The van der Waals surface area contributed by atoms with Crippen LogP contribution >= 0.6 is 23.2 Å². The Balaban J connectivity index is 1.48. The summed E-state index contributed by atoms with van der Waals surface area (Å²) in [6, 6.07) is 15.0. The third kappa shape index (κ3) is 5.37. The first-order valence-corrected chi connectivity index (χ1v) is 13.6. The number of hydrogen-bond donors (Lipinski definition) is 4. The van der Waals surface area contributed by atoms with E-state index in [9.17, 15) is 15.8 Å². The predicted molar refractivity (Wildman–Crippen MR) is 158 cm³/mol. The van der Waals surface area contributed by atoms with E-state index in [0.29, 0.717) is 45.3 Å². The van der Waals surface area contributed by atoms with Gasteiger partial charge < -0.3 is 16.1 Å². The molecule has 3 aromatic carbocycles. The molecule has 0 spiro atoms. The number of carbonyl (C=O) groups excluding carboxylic acids is 1. The van der Waals surface area contributed by atoms with Gasteiger partial charge >= 0.3 is 0 Å². The number of Topliss-reactive ketones (excluding diaryl/α,β-unsaturated/α-hetero) is 1. The summed E-state index contributed by atoms with van der Waals surface area (Å²) < 4.78 is 23.5. The third-order valence-electron chi connectivity index (χ3n) is 6.87. The molecule has 0 radical (unpaired) electrons. The van der Waals surface area contributed by atoms with E-state index in [-0.39, 0.29) is 27.0 Å². The molecule has 1 fully saturated rings. The zero-order chi connectivity index (χ0) is 29.6. The van der Waals surface area contributed by atoms with Crippen LogP contribution in [-0.2, 0) is 0 Å². The molecule has 0 amide bonds. The molecule has 1 atom stereocenters. The molecular formula is C30H24Cl2FN7O. The van der Waals surface area contributed by atoms with Crippen molar-refractivity contribution in [2.75, 3.05) is 10.6 Å². The number of nitrogens with one attached hydrogen (secondary N) is 4. The summed E-state index contributed by atoms with van der Waals surface area (Å²) >= 11 is 13.1. The van der Waals surface area contributed by atoms with Crippen molar-refractivity contribution in [1.29, 1.82) is 5.26 Å². The summed E-state index contributed by atoms with van der Waals surface area (Å²) in [6.45, 7) is 1.41. The van der Waals surface area contributed by atoms with Crippen molar-refractivity contribution in [3.05, 3.63) is 105 Å². The minimum Gasteiger partial charge on any atom is -0.373 e. The van der Waals surface area contributed by atoms with E-state index in [2.05, 4.69) is 32.6 Å². The molecule has 4 N–H and O–H groups in total. The number of nitrogens with zero attached hydrogens (tertiary/aromatic N) is 3. The first-order chi connectivity index (χ1) is 20.2. The maximum Gasteiger partial charge on any atom is 0.163 e. The summed E-state index contributed by atoms with van der Waals surface area (Å²) in [5, 5.41) is 19.4. The van der Waals surface area contributed by atoms with Gasteiger partial charge in [-0.1, -0.05) is 41.4 Å². The smallest absolute Gasteiger partial charge is 0.163 e. The lowest BCUT2D eigenvalue weighted by molar-refractivity contribution is 0.101. The second-order valence-electron chi connectivity index (χ2n) is 9.78. The molecule has 2 heterocycles. The number of halogens is 3. The Bertz CT molecular complexity index is 1810. The number of benzene rings is 3. The van der Waals surface area contributed by atoms with Crippen LogP contribution in [0.1, 0.15) is 48.6 Å². The Morgan fingerprint density at radius 1 is 1.22 bits per heavy atom. The Hall–Kier alpha value is -4.36. The first kappa shape index (κ1) is 25.6. The average Bonchev–Trinajstić information content (AvgIpc) is 3.69. The highest BCUT2D eigenvalue weighted by Gasteiger charge is 2.32. The number of hydrogen-bond acceptors (Lipinski definition) is 8. The average molecular weight is 589 g/mol. The molecule has 0 bridgehead atoms. The Kier molecular flexibility index (Phi) is 6.80. The van der Waals surface area contributed by atoms with Crippen molar-refractivity contribution in [2.24, 2.45) is 0 Å². The van der Waals surface area contributed by atoms with E-state index in [1.165, 1.54) is 25.3 Å². The zero-order valence-corrected chi connectivity index (χ0v) is 23.2. The van der Waals surface area contributed by atoms with Crippen LogP contribution in [0, 0.1) is 17.1 Å². The lowest BCUT2D eigenvalue weighted by Crippen LogP contribution is -2.38. The number of aromatic nitrogens is 1. The molecule has 8 nitrogen and oxygen atoms in total. The van der Waals surface area contributed by atoms with Gasteiger partial charge in [0.1, 0.15) is 11.9 Å². The van der Waals surface area contributed by atoms with Gasteiger partial charge in [-0.25, -0.2) is 4.39 Å². The summed E-state index contributed by atoms with van der Waals surface area (Å²) in [4.78, 5) is 16.8. The van der Waals surface area contributed by atoms with Gasteiger partial charge in [-0.3, -0.25) is 14.8 Å². The van der Waals surface area contributed by atoms with Crippen LogP contribution in [-0.4, -0.2) is 21.8 Å². The standard InChI is InChI=1S/C30H24Cl2FN7O/c1-16(41)27-23(31)3-2-4-25(27)37-28-18(13-34)14-35-30-22(28)11-20(12-24(30)32)36-29(17-5-7-19(33)8-6-17)26-15-40(39-38-26)21-9-10-21/h2-8,11-12,14-15,21,29,36,38-39H,9-10H2,1H3,(H,35,37)/t29-/m1/s1/i29D. The minimum atomic E-state index is -1.59. The van der Waals surface area contributed by atoms with Crippen LogP contribution in [0.3, 0.4) is 0 Å². The number of nitriles is 1. The monoisotopic (exact) mass is 588 g/mol. The molecule has 1 aliphatic carbocycles.